The molecular formula is C14H9BrClN2O3-. The fourth-order valence-electron chi connectivity index (χ4n) is 1.64. The van der Waals surface area contributed by atoms with Crippen molar-refractivity contribution in [3.63, 3.8) is 0 Å². The number of hydrogen-bond acceptors (Lipinski definition) is 4. The van der Waals surface area contributed by atoms with Crippen LogP contribution in [0.2, 0.25) is 5.02 Å². The van der Waals surface area contributed by atoms with Gasteiger partial charge in [0.2, 0.25) is 0 Å². The molecule has 0 amide bonds. The Labute approximate surface area is 134 Å². The summed E-state index contributed by atoms with van der Waals surface area (Å²) >= 11 is 9.12. The van der Waals surface area contributed by atoms with Crippen molar-refractivity contribution in [2.75, 3.05) is 0 Å². The summed E-state index contributed by atoms with van der Waals surface area (Å²) in [7, 11) is 0. The Morgan fingerprint density at radius 2 is 2.05 bits per heavy atom. The maximum atomic E-state index is 11.9. The van der Waals surface area contributed by atoms with E-state index in [9.17, 15) is 15.2 Å². The van der Waals surface area contributed by atoms with E-state index in [1.807, 2.05) is 6.92 Å². The number of nitrogens with zero attached hydrogens (tertiary/aromatic N) is 2. The average Bonchev–Trinajstić information content (AvgIpc) is 2.42. The van der Waals surface area contributed by atoms with E-state index in [2.05, 4.69) is 20.9 Å². The second-order valence-electron chi connectivity index (χ2n) is 4.29. The smallest absolute Gasteiger partial charge is 0.263 e. The van der Waals surface area contributed by atoms with Crippen LogP contribution in [0.3, 0.4) is 0 Å². The van der Waals surface area contributed by atoms with Gasteiger partial charge in [0.1, 0.15) is 0 Å². The molecule has 0 aliphatic rings. The van der Waals surface area contributed by atoms with Crippen molar-refractivity contribution in [2.45, 2.75) is 6.92 Å². The Kier molecular flexibility index (Phi) is 4.59. The highest BCUT2D eigenvalue weighted by Gasteiger charge is 2.11. The number of aliphatic imine (C=N–C) groups is 1. The lowest BCUT2D eigenvalue weighted by Gasteiger charge is -2.10. The third-order valence-electron chi connectivity index (χ3n) is 2.77. The standard InChI is InChI=1S/C14H10BrClN2O3/c1-8-2-3-11(6-12(8)16)17-7-9-4-10(15)5-13(14(9)19)18(20)21/h2-7,19H,1H3/p-1. The van der Waals surface area contributed by atoms with E-state index >= 15 is 0 Å². The zero-order valence-corrected chi connectivity index (χ0v) is 13.2. The molecule has 108 valence electrons. The van der Waals surface area contributed by atoms with Crippen molar-refractivity contribution in [1.82, 2.24) is 0 Å². The summed E-state index contributed by atoms with van der Waals surface area (Å²) in [6.45, 7) is 1.86. The minimum absolute atomic E-state index is 0.132. The Balaban J connectivity index is 2.41. The zero-order chi connectivity index (χ0) is 15.6. The van der Waals surface area contributed by atoms with Crippen LogP contribution >= 0.6 is 27.5 Å². The van der Waals surface area contributed by atoms with Crippen molar-refractivity contribution in [1.29, 1.82) is 0 Å². The summed E-state index contributed by atoms with van der Waals surface area (Å²) in [6, 6.07) is 7.85. The van der Waals surface area contributed by atoms with E-state index in [4.69, 9.17) is 11.6 Å². The lowest BCUT2D eigenvalue weighted by atomic mass is 10.2. The van der Waals surface area contributed by atoms with E-state index in [1.54, 1.807) is 18.2 Å². The minimum Gasteiger partial charge on any atom is -0.867 e. The Morgan fingerprint density at radius 1 is 1.33 bits per heavy atom. The van der Waals surface area contributed by atoms with Gasteiger partial charge in [0.25, 0.3) is 5.69 Å². The number of nitro benzene ring substituents is 1. The van der Waals surface area contributed by atoms with Crippen molar-refractivity contribution in [2.24, 2.45) is 4.99 Å². The van der Waals surface area contributed by atoms with Gasteiger partial charge in [-0.2, -0.15) is 0 Å². The molecule has 5 nitrogen and oxygen atoms in total. The van der Waals surface area contributed by atoms with Crippen LogP contribution in [-0.4, -0.2) is 11.1 Å². The number of benzene rings is 2. The first-order valence-corrected chi connectivity index (χ1v) is 7.01. The third-order valence-corrected chi connectivity index (χ3v) is 3.63. The van der Waals surface area contributed by atoms with Gasteiger partial charge in [-0.05, 0) is 42.0 Å². The molecule has 0 saturated heterocycles. The Hall–Kier alpha value is -1.92. The fourth-order valence-corrected chi connectivity index (χ4v) is 2.28. The highest BCUT2D eigenvalue weighted by molar-refractivity contribution is 9.10. The number of hydrogen-bond donors (Lipinski definition) is 0. The normalized spacial score (nSPS) is 11.0. The first-order valence-electron chi connectivity index (χ1n) is 5.83. The topological polar surface area (TPSA) is 78.6 Å². The van der Waals surface area contributed by atoms with Gasteiger partial charge in [0.15, 0.2) is 0 Å². The lowest BCUT2D eigenvalue weighted by molar-refractivity contribution is -0.398. The molecule has 0 radical (unpaired) electrons. The molecule has 0 spiro atoms. The van der Waals surface area contributed by atoms with Crippen LogP contribution in [0.5, 0.6) is 5.75 Å². The van der Waals surface area contributed by atoms with E-state index in [-0.39, 0.29) is 5.56 Å². The van der Waals surface area contributed by atoms with Crippen LogP contribution in [0.15, 0.2) is 39.8 Å². The van der Waals surface area contributed by atoms with E-state index in [1.165, 1.54) is 18.3 Å². The van der Waals surface area contributed by atoms with Crippen LogP contribution in [0.25, 0.3) is 0 Å². The number of aryl methyl sites for hydroxylation is 1. The first-order chi connectivity index (χ1) is 9.88. The molecule has 0 bridgehead atoms. The lowest BCUT2D eigenvalue weighted by Crippen LogP contribution is -2.02. The molecule has 0 saturated carbocycles. The Morgan fingerprint density at radius 3 is 2.67 bits per heavy atom. The molecule has 0 aromatic heterocycles. The van der Waals surface area contributed by atoms with Crippen LogP contribution < -0.4 is 5.11 Å². The van der Waals surface area contributed by atoms with Crippen molar-refractivity contribution < 1.29 is 10.0 Å². The summed E-state index contributed by atoms with van der Waals surface area (Å²) < 4.78 is 0.442. The van der Waals surface area contributed by atoms with Crippen molar-refractivity contribution in [3.05, 3.63) is 61.1 Å². The molecule has 7 heteroatoms. The highest BCUT2D eigenvalue weighted by Crippen LogP contribution is 2.31. The van der Waals surface area contributed by atoms with Crippen LogP contribution in [0.4, 0.5) is 11.4 Å². The van der Waals surface area contributed by atoms with Gasteiger partial charge in [0.05, 0.1) is 10.6 Å². The summed E-state index contributed by atoms with van der Waals surface area (Å²) in [5.74, 6) is -0.676. The third kappa shape index (κ3) is 3.59. The maximum absolute atomic E-state index is 11.9. The summed E-state index contributed by atoms with van der Waals surface area (Å²) in [6.07, 6.45) is 1.29. The molecule has 0 fully saturated rings. The minimum atomic E-state index is -0.715. The quantitative estimate of drug-likeness (QED) is 0.464. The van der Waals surface area contributed by atoms with Gasteiger partial charge in [-0.25, -0.2) is 0 Å². The van der Waals surface area contributed by atoms with Gasteiger partial charge in [0, 0.05) is 21.8 Å². The van der Waals surface area contributed by atoms with Gasteiger partial charge < -0.3 is 5.11 Å². The van der Waals surface area contributed by atoms with Gasteiger partial charge in [-0.3, -0.25) is 15.1 Å². The van der Waals surface area contributed by atoms with Crippen molar-refractivity contribution in [3.8, 4) is 5.75 Å². The monoisotopic (exact) mass is 367 g/mol. The van der Waals surface area contributed by atoms with E-state index in [0.717, 1.165) is 5.56 Å². The molecule has 21 heavy (non-hydrogen) atoms. The molecule has 0 unspecified atom stereocenters. The molecule has 0 N–H and O–H groups in total. The van der Waals surface area contributed by atoms with Crippen LogP contribution in [0, 0.1) is 17.0 Å². The number of rotatable bonds is 3. The fraction of sp³-hybridized carbons (Fsp3) is 0.0714. The second-order valence-corrected chi connectivity index (χ2v) is 5.61. The van der Waals surface area contributed by atoms with Crippen LogP contribution in [-0.2, 0) is 0 Å². The van der Waals surface area contributed by atoms with Crippen LogP contribution in [0.1, 0.15) is 11.1 Å². The largest absolute Gasteiger partial charge is 0.867 e. The Bertz CT molecular complexity index is 747. The average molecular weight is 369 g/mol. The van der Waals surface area contributed by atoms with Gasteiger partial charge in [-0.1, -0.05) is 33.6 Å². The van der Waals surface area contributed by atoms with Gasteiger partial charge >= 0.3 is 0 Å². The molecule has 0 aliphatic carbocycles. The van der Waals surface area contributed by atoms with Crippen molar-refractivity contribution >= 4 is 45.1 Å². The molecule has 0 atom stereocenters. The highest BCUT2D eigenvalue weighted by atomic mass is 79.9. The molecular weight excluding hydrogens is 360 g/mol. The number of nitro groups is 1. The second kappa shape index (κ2) is 6.24. The molecule has 0 aliphatic heterocycles. The summed E-state index contributed by atoms with van der Waals surface area (Å²) in [5.41, 5.74) is 1.12. The SMILES string of the molecule is Cc1ccc(N=Cc2cc(Br)cc([N+](=O)[O-])c2[O-])cc1Cl. The predicted molar refractivity (Wildman–Crippen MR) is 83.7 cm³/mol. The molecule has 2 rings (SSSR count). The molecule has 2 aromatic carbocycles. The molecule has 2 aromatic rings. The summed E-state index contributed by atoms with van der Waals surface area (Å²) in [5, 5.41) is 23.3. The van der Waals surface area contributed by atoms with Gasteiger partial charge in [-0.15, -0.1) is 0 Å². The van der Waals surface area contributed by atoms with E-state index in [0.29, 0.717) is 15.2 Å². The first kappa shape index (κ1) is 15.5. The maximum Gasteiger partial charge on any atom is 0.263 e. The van der Waals surface area contributed by atoms with E-state index < -0.39 is 16.4 Å². The molecule has 0 heterocycles. The summed E-state index contributed by atoms with van der Waals surface area (Å²) in [4.78, 5) is 14.2. The number of halogens is 2. The predicted octanol–water partition coefficient (Wildman–Crippen LogP) is 4.14. The zero-order valence-electron chi connectivity index (χ0n) is 10.8.